The van der Waals surface area contributed by atoms with Gasteiger partial charge >= 0.3 is 0 Å². The summed E-state index contributed by atoms with van der Waals surface area (Å²) in [5.74, 6) is 0. The normalized spacial score (nSPS) is 10.8. The van der Waals surface area contributed by atoms with Gasteiger partial charge < -0.3 is 32.7 Å². The standard InChI is InChI=1S/C9H26N6/c10-1-2-12-3-4-13-5-6-14-7-8-15-9-11/h12-15H,1-11H2. The molecule has 0 amide bonds. The van der Waals surface area contributed by atoms with Gasteiger partial charge in [0.2, 0.25) is 0 Å². The Balaban J connectivity index is 2.81. The van der Waals surface area contributed by atoms with E-state index in [9.17, 15) is 0 Å². The van der Waals surface area contributed by atoms with E-state index in [1.807, 2.05) is 0 Å². The lowest BCUT2D eigenvalue weighted by molar-refractivity contribution is 0.570. The Bertz CT molecular complexity index is 98.8. The summed E-state index contributed by atoms with van der Waals surface area (Å²) >= 11 is 0. The van der Waals surface area contributed by atoms with E-state index in [0.29, 0.717) is 13.2 Å². The first-order valence-corrected chi connectivity index (χ1v) is 5.64. The second kappa shape index (κ2) is 13.8. The van der Waals surface area contributed by atoms with E-state index in [4.69, 9.17) is 11.5 Å². The molecule has 92 valence electrons. The largest absolute Gasteiger partial charge is 0.329 e. The molecule has 0 radical (unpaired) electrons. The van der Waals surface area contributed by atoms with E-state index in [2.05, 4.69) is 21.3 Å². The van der Waals surface area contributed by atoms with Gasteiger partial charge in [0, 0.05) is 59.0 Å². The molecule has 0 aliphatic heterocycles. The van der Waals surface area contributed by atoms with Crippen LogP contribution in [0.3, 0.4) is 0 Å². The van der Waals surface area contributed by atoms with E-state index >= 15 is 0 Å². The van der Waals surface area contributed by atoms with Crippen LogP contribution in [0.5, 0.6) is 0 Å². The molecule has 0 aliphatic carbocycles. The van der Waals surface area contributed by atoms with Crippen LogP contribution in [-0.2, 0) is 0 Å². The molecule has 0 saturated carbocycles. The summed E-state index contributed by atoms with van der Waals surface area (Å²) < 4.78 is 0. The number of hydrogen-bond donors (Lipinski definition) is 6. The molecule has 0 rings (SSSR count). The Morgan fingerprint density at radius 1 is 0.533 bits per heavy atom. The summed E-state index contributed by atoms with van der Waals surface area (Å²) in [5.41, 5.74) is 10.6. The molecule has 0 fully saturated rings. The second-order valence-electron chi connectivity index (χ2n) is 3.24. The molecule has 0 unspecified atom stereocenters. The van der Waals surface area contributed by atoms with Gasteiger partial charge in [0.1, 0.15) is 0 Å². The lowest BCUT2D eigenvalue weighted by atomic mass is 10.5. The molecule has 8 N–H and O–H groups in total. The average Bonchev–Trinajstić information content (AvgIpc) is 2.26. The highest BCUT2D eigenvalue weighted by Crippen LogP contribution is 1.61. The maximum absolute atomic E-state index is 5.34. The first kappa shape index (κ1) is 14.8. The van der Waals surface area contributed by atoms with Gasteiger partial charge in [0.15, 0.2) is 0 Å². The second-order valence-corrected chi connectivity index (χ2v) is 3.24. The van der Waals surface area contributed by atoms with Crippen molar-refractivity contribution in [2.24, 2.45) is 11.5 Å². The van der Waals surface area contributed by atoms with Crippen LogP contribution < -0.4 is 32.7 Å². The lowest BCUT2D eigenvalue weighted by Gasteiger charge is -2.07. The maximum Gasteiger partial charge on any atom is 0.0429 e. The van der Waals surface area contributed by atoms with Gasteiger partial charge in [0.25, 0.3) is 0 Å². The maximum atomic E-state index is 5.34. The first-order valence-electron chi connectivity index (χ1n) is 5.64. The molecule has 0 aromatic heterocycles. The van der Waals surface area contributed by atoms with E-state index < -0.39 is 0 Å². The van der Waals surface area contributed by atoms with Crippen LogP contribution in [0, 0.1) is 0 Å². The van der Waals surface area contributed by atoms with Gasteiger partial charge in [-0.3, -0.25) is 0 Å². The molecule has 0 aromatic rings. The summed E-state index contributed by atoms with van der Waals surface area (Å²) in [7, 11) is 0. The third kappa shape index (κ3) is 13.8. The van der Waals surface area contributed by atoms with Crippen molar-refractivity contribution in [2.45, 2.75) is 0 Å². The zero-order valence-corrected chi connectivity index (χ0v) is 9.52. The van der Waals surface area contributed by atoms with Crippen molar-refractivity contribution in [2.75, 3.05) is 59.0 Å². The highest BCUT2D eigenvalue weighted by atomic mass is 15.0. The molecule has 6 heteroatoms. The Morgan fingerprint density at radius 3 is 1.33 bits per heavy atom. The van der Waals surface area contributed by atoms with E-state index in [0.717, 1.165) is 45.8 Å². The van der Waals surface area contributed by atoms with Gasteiger partial charge in [-0.15, -0.1) is 0 Å². The number of hydrogen-bond acceptors (Lipinski definition) is 6. The van der Waals surface area contributed by atoms with E-state index in [1.54, 1.807) is 0 Å². The van der Waals surface area contributed by atoms with Crippen LogP contribution in [0.1, 0.15) is 0 Å². The van der Waals surface area contributed by atoms with E-state index in [1.165, 1.54) is 0 Å². The van der Waals surface area contributed by atoms with Crippen molar-refractivity contribution in [3.8, 4) is 0 Å². The fraction of sp³-hybridized carbons (Fsp3) is 1.00. The summed E-state index contributed by atoms with van der Waals surface area (Å²) in [4.78, 5) is 0. The molecular weight excluding hydrogens is 192 g/mol. The van der Waals surface area contributed by atoms with Crippen molar-refractivity contribution in [3.05, 3.63) is 0 Å². The fourth-order valence-corrected chi connectivity index (χ4v) is 1.11. The van der Waals surface area contributed by atoms with Crippen molar-refractivity contribution in [1.29, 1.82) is 0 Å². The molecule has 0 saturated heterocycles. The molecule has 6 nitrogen and oxygen atoms in total. The Morgan fingerprint density at radius 2 is 0.933 bits per heavy atom. The van der Waals surface area contributed by atoms with Gasteiger partial charge in [-0.05, 0) is 0 Å². The van der Waals surface area contributed by atoms with Crippen LogP contribution in [0.25, 0.3) is 0 Å². The van der Waals surface area contributed by atoms with Gasteiger partial charge in [-0.2, -0.15) is 0 Å². The SMILES string of the molecule is NCCNCCNCCNCCNCN. The van der Waals surface area contributed by atoms with Gasteiger partial charge in [-0.1, -0.05) is 0 Å². The third-order valence-corrected chi connectivity index (χ3v) is 1.90. The van der Waals surface area contributed by atoms with Crippen LogP contribution in [0.2, 0.25) is 0 Å². The van der Waals surface area contributed by atoms with Gasteiger partial charge in [0.05, 0.1) is 0 Å². The average molecular weight is 218 g/mol. The lowest BCUT2D eigenvalue weighted by Crippen LogP contribution is -2.36. The Kier molecular flexibility index (Phi) is 13.5. The quantitative estimate of drug-likeness (QED) is 0.157. The van der Waals surface area contributed by atoms with Gasteiger partial charge in [-0.25, -0.2) is 0 Å². The monoisotopic (exact) mass is 218 g/mol. The molecule has 0 bridgehead atoms. The zero-order valence-electron chi connectivity index (χ0n) is 9.52. The molecule has 0 aliphatic rings. The van der Waals surface area contributed by atoms with Crippen molar-refractivity contribution in [1.82, 2.24) is 21.3 Å². The summed E-state index contributed by atoms with van der Waals surface area (Å²) in [5, 5.41) is 12.9. The van der Waals surface area contributed by atoms with Crippen molar-refractivity contribution < 1.29 is 0 Å². The molecule has 15 heavy (non-hydrogen) atoms. The predicted molar refractivity (Wildman–Crippen MR) is 64.7 cm³/mol. The van der Waals surface area contributed by atoms with Crippen LogP contribution in [-0.4, -0.2) is 59.0 Å². The molecule has 0 heterocycles. The highest BCUT2D eigenvalue weighted by molar-refractivity contribution is 4.55. The first-order chi connectivity index (χ1) is 7.41. The minimum Gasteiger partial charge on any atom is -0.329 e. The minimum atomic E-state index is 0.548. The van der Waals surface area contributed by atoms with Crippen LogP contribution >= 0.6 is 0 Å². The molecule has 0 spiro atoms. The topological polar surface area (TPSA) is 100 Å². The summed E-state index contributed by atoms with van der Waals surface area (Å²) in [6.07, 6.45) is 0. The molecule has 0 atom stereocenters. The Labute approximate surface area is 92.5 Å². The predicted octanol–water partition coefficient (Wildman–Crippen LogP) is -2.78. The smallest absolute Gasteiger partial charge is 0.0429 e. The number of rotatable bonds is 12. The van der Waals surface area contributed by atoms with E-state index in [-0.39, 0.29) is 0 Å². The zero-order chi connectivity index (χ0) is 11.2. The third-order valence-electron chi connectivity index (χ3n) is 1.90. The van der Waals surface area contributed by atoms with Crippen LogP contribution in [0.4, 0.5) is 0 Å². The van der Waals surface area contributed by atoms with Crippen LogP contribution in [0.15, 0.2) is 0 Å². The number of nitrogens with two attached hydrogens (primary N) is 2. The summed E-state index contributed by atoms with van der Waals surface area (Å²) in [6.45, 7) is 7.98. The highest BCUT2D eigenvalue weighted by Gasteiger charge is 1.88. The Hall–Kier alpha value is -0.240. The molecule has 0 aromatic carbocycles. The number of nitrogens with one attached hydrogen (secondary N) is 4. The minimum absolute atomic E-state index is 0.548. The van der Waals surface area contributed by atoms with Crippen molar-refractivity contribution >= 4 is 0 Å². The molecular formula is C9H26N6. The summed E-state index contributed by atoms with van der Waals surface area (Å²) in [6, 6.07) is 0. The fourth-order valence-electron chi connectivity index (χ4n) is 1.11. The van der Waals surface area contributed by atoms with Crippen molar-refractivity contribution in [3.63, 3.8) is 0 Å².